The summed E-state index contributed by atoms with van der Waals surface area (Å²) < 4.78 is 20.1. The molecule has 2 aromatic heterocycles. The van der Waals surface area contributed by atoms with Gasteiger partial charge in [0.25, 0.3) is 11.8 Å². The summed E-state index contributed by atoms with van der Waals surface area (Å²) in [6.07, 6.45) is 10.0. The molecule has 3 saturated heterocycles. The number of amides is 5. The highest BCUT2D eigenvalue weighted by Gasteiger charge is 2.45. The fourth-order valence-electron chi connectivity index (χ4n) is 10.3. The first-order chi connectivity index (χ1) is 35.7. The molecule has 0 saturated carbocycles. The maximum Gasteiger partial charge on any atom is 0.262 e. The number of ether oxygens (including phenoxy) is 1. The Balaban J connectivity index is 0.681. The Morgan fingerprint density at radius 1 is 0.851 bits per heavy atom. The molecule has 3 fully saturated rings. The Morgan fingerprint density at radius 3 is 2.36 bits per heavy atom. The molecular formula is C52H63BrN13O7P. The highest BCUT2D eigenvalue weighted by molar-refractivity contribution is 9.10. The molecule has 0 spiro atoms. The zero-order valence-corrected chi connectivity index (χ0v) is 44.7. The van der Waals surface area contributed by atoms with Crippen LogP contribution in [-0.4, -0.2) is 151 Å². The first kappa shape index (κ1) is 52.3. The number of hydrogen-bond acceptors (Lipinski definition) is 17. The molecule has 5 aromatic rings. The minimum absolute atomic E-state index is 0.0615. The van der Waals surface area contributed by atoms with Gasteiger partial charge in [-0.2, -0.15) is 4.98 Å². The van der Waals surface area contributed by atoms with E-state index >= 15 is 0 Å². The normalized spacial score (nSPS) is 17.7. The number of rotatable bonds is 19. The zero-order valence-electron chi connectivity index (χ0n) is 42.2. The second-order valence-corrected chi connectivity index (χ2v) is 23.4. The number of unbranched alkanes of at least 4 members (excludes halogenated alkanes) is 1. The molecule has 4 aliphatic rings. The largest absolute Gasteiger partial charge is 0.494 e. The first-order valence-corrected chi connectivity index (χ1v) is 28.7. The van der Waals surface area contributed by atoms with Crippen LogP contribution < -0.4 is 46.4 Å². The molecule has 74 heavy (non-hydrogen) atoms. The van der Waals surface area contributed by atoms with Gasteiger partial charge in [-0.1, -0.05) is 6.92 Å². The number of carbonyl (C=O) groups is 5. The molecule has 0 radical (unpaired) electrons. The van der Waals surface area contributed by atoms with Crippen LogP contribution in [0.25, 0.3) is 11.0 Å². The summed E-state index contributed by atoms with van der Waals surface area (Å²) in [5.41, 5.74) is 6.33. The van der Waals surface area contributed by atoms with Gasteiger partial charge in [0.2, 0.25) is 23.7 Å². The van der Waals surface area contributed by atoms with Crippen molar-refractivity contribution in [3.8, 4) is 5.75 Å². The topological polar surface area (TPSA) is 236 Å². The fourth-order valence-corrected chi connectivity index (χ4v) is 12.0. The summed E-state index contributed by atoms with van der Waals surface area (Å²) in [4.78, 5) is 89.5. The SMILES string of the molecule is CCc1cc(Nc2ncc(Br)c(Nc3ccc4nccnc4c3P(C)(C)=O)n2)c(OC)cc1N1CCC(NCCNC(=O)CCCCN2CCN(c3ccc4c(c3)C(=O)N(C3CCC(=O)NC3=O)C4=O)CC2)CC1. The van der Waals surface area contributed by atoms with Crippen LogP contribution in [0.3, 0.4) is 0 Å². The number of aryl methyl sites for hydroxylation is 1. The van der Waals surface area contributed by atoms with Gasteiger partial charge in [-0.3, -0.25) is 49.1 Å². The van der Waals surface area contributed by atoms with Crippen molar-refractivity contribution in [3.05, 3.63) is 82.2 Å². The number of nitrogens with zero attached hydrogens (tertiary/aromatic N) is 8. The number of benzene rings is 3. The smallest absolute Gasteiger partial charge is 0.262 e. The van der Waals surface area contributed by atoms with Gasteiger partial charge in [-0.05, 0) is 116 Å². The van der Waals surface area contributed by atoms with Gasteiger partial charge in [0.1, 0.15) is 30.3 Å². The van der Waals surface area contributed by atoms with E-state index in [2.05, 4.69) is 91.2 Å². The van der Waals surface area contributed by atoms with E-state index in [1.165, 1.54) is 5.56 Å². The van der Waals surface area contributed by atoms with E-state index in [0.29, 0.717) is 69.6 Å². The number of nitrogens with one attached hydrogen (secondary N) is 5. The average Bonchev–Trinajstić information content (AvgIpc) is 3.64. The molecule has 0 aliphatic carbocycles. The molecular weight excluding hydrogens is 1030 g/mol. The molecule has 5 amide bonds. The van der Waals surface area contributed by atoms with Crippen LogP contribution in [-0.2, 0) is 25.4 Å². The van der Waals surface area contributed by atoms with E-state index in [-0.39, 0.29) is 29.9 Å². The monoisotopic (exact) mass is 1090 g/mol. The highest BCUT2D eigenvalue weighted by atomic mass is 79.9. The number of anilines is 6. The van der Waals surface area contributed by atoms with Gasteiger partial charge in [-0.15, -0.1) is 0 Å². The predicted molar refractivity (Wildman–Crippen MR) is 289 cm³/mol. The molecule has 22 heteroatoms. The first-order valence-electron chi connectivity index (χ1n) is 25.3. The second kappa shape index (κ2) is 22.9. The van der Waals surface area contributed by atoms with Gasteiger partial charge in [-0.25, -0.2) is 4.98 Å². The molecule has 0 bridgehead atoms. The highest BCUT2D eigenvalue weighted by Crippen LogP contribution is 2.42. The number of imide groups is 2. The molecule has 1 atom stereocenters. The van der Waals surface area contributed by atoms with Gasteiger partial charge < -0.3 is 40.4 Å². The van der Waals surface area contributed by atoms with E-state index in [1.54, 1.807) is 51.2 Å². The minimum Gasteiger partial charge on any atom is -0.494 e. The molecule has 3 aromatic carbocycles. The lowest BCUT2D eigenvalue weighted by Gasteiger charge is -2.36. The second-order valence-electron chi connectivity index (χ2n) is 19.4. The number of methoxy groups -OCH3 is 1. The predicted octanol–water partition coefficient (Wildman–Crippen LogP) is 5.56. The van der Waals surface area contributed by atoms with Crippen molar-refractivity contribution >= 4 is 103 Å². The van der Waals surface area contributed by atoms with Crippen molar-refractivity contribution < 1.29 is 33.3 Å². The molecule has 6 heterocycles. The Bertz CT molecular complexity index is 3010. The number of fused-ring (bicyclic) bond motifs is 2. The van der Waals surface area contributed by atoms with Crippen LogP contribution in [0.1, 0.15) is 78.1 Å². The molecule has 5 N–H and O–H groups in total. The number of aromatic nitrogens is 4. The fraction of sp³-hybridized carbons (Fsp3) is 0.442. The Kier molecular flexibility index (Phi) is 16.2. The number of piperazine rings is 1. The van der Waals surface area contributed by atoms with Crippen molar-refractivity contribution in [3.63, 3.8) is 0 Å². The van der Waals surface area contributed by atoms with Gasteiger partial charge in [0.05, 0.1) is 44.9 Å². The van der Waals surface area contributed by atoms with Gasteiger partial charge in [0.15, 0.2) is 0 Å². The van der Waals surface area contributed by atoms with Crippen LogP contribution >= 0.6 is 23.1 Å². The minimum atomic E-state index is -2.79. The van der Waals surface area contributed by atoms with Gasteiger partial charge >= 0.3 is 0 Å². The third kappa shape index (κ3) is 11.7. The summed E-state index contributed by atoms with van der Waals surface area (Å²) in [5.74, 6) is -0.456. The maximum atomic E-state index is 13.5. The summed E-state index contributed by atoms with van der Waals surface area (Å²) in [6.45, 7) is 12.7. The van der Waals surface area contributed by atoms with Crippen molar-refractivity contribution in [2.75, 3.05) is 99.8 Å². The number of halogens is 1. The van der Waals surface area contributed by atoms with Crippen molar-refractivity contribution in [1.82, 2.24) is 45.7 Å². The summed E-state index contributed by atoms with van der Waals surface area (Å²) in [5, 5.41) is 16.3. The zero-order chi connectivity index (χ0) is 52.1. The van der Waals surface area contributed by atoms with Crippen LogP contribution in [0.4, 0.5) is 34.5 Å². The lowest BCUT2D eigenvalue weighted by molar-refractivity contribution is -0.136. The van der Waals surface area contributed by atoms with E-state index in [0.717, 1.165) is 99.9 Å². The van der Waals surface area contributed by atoms with E-state index < -0.39 is 36.8 Å². The van der Waals surface area contributed by atoms with E-state index in [9.17, 15) is 28.5 Å². The molecule has 4 aliphatic heterocycles. The standard InChI is InChI=1S/C52H63BrN13O7P/c1-5-32-28-40(60-52-58-31-37(53)48(62-52)59-39-12-11-38-46(57-20-18-55-38)47(39)74(3,4)72)43(73-2)30-42(32)65-22-15-33(16-23-65)54-17-19-56-44(67)8-6-7-21-63-24-26-64(27-25-63)34-9-10-35-36(29-34)51(71)66(50(35)70)41-13-14-45(68)61-49(41)69/h9-12,18,20,28-31,33,41,54H,5-8,13-17,19,21-27H2,1-4H3,(H,56,67)(H,61,68,69)(H2,58,59,60,62). The molecule has 9 rings (SSSR count). The van der Waals surface area contributed by atoms with Crippen LogP contribution in [0.15, 0.2) is 65.5 Å². The maximum absolute atomic E-state index is 13.5. The molecule has 1 unspecified atom stereocenters. The Morgan fingerprint density at radius 2 is 1.62 bits per heavy atom. The quantitative estimate of drug-likeness (QED) is 0.0387. The van der Waals surface area contributed by atoms with Crippen LogP contribution in [0.2, 0.25) is 0 Å². The number of piperidine rings is 2. The third-order valence-corrected chi connectivity index (χ3v) is 16.3. The van der Waals surface area contributed by atoms with E-state index in [4.69, 9.17) is 9.72 Å². The molecule has 390 valence electrons. The average molecular weight is 1090 g/mol. The summed E-state index contributed by atoms with van der Waals surface area (Å²) in [7, 11) is -1.13. The lowest BCUT2D eigenvalue weighted by Crippen LogP contribution is -2.54. The molecule has 20 nitrogen and oxygen atoms in total. The van der Waals surface area contributed by atoms with Crippen molar-refractivity contribution in [1.29, 1.82) is 0 Å². The third-order valence-electron chi connectivity index (χ3n) is 14.2. The van der Waals surface area contributed by atoms with Gasteiger partial charge in [0, 0.05) is 107 Å². The number of carbonyl (C=O) groups excluding carboxylic acids is 5. The van der Waals surface area contributed by atoms with Crippen LogP contribution in [0, 0.1) is 0 Å². The van der Waals surface area contributed by atoms with E-state index in [1.807, 2.05) is 18.2 Å². The lowest BCUT2D eigenvalue weighted by atomic mass is 10.0. The van der Waals surface area contributed by atoms with Crippen molar-refractivity contribution in [2.45, 2.75) is 70.4 Å². The Hall–Kier alpha value is -6.54. The summed E-state index contributed by atoms with van der Waals surface area (Å²) >= 11 is 3.59. The Labute approximate surface area is 438 Å². The van der Waals surface area contributed by atoms with Crippen LogP contribution in [0.5, 0.6) is 5.75 Å². The number of hydrogen-bond donors (Lipinski definition) is 5. The summed E-state index contributed by atoms with van der Waals surface area (Å²) in [6, 6.07) is 12.5. The van der Waals surface area contributed by atoms with Crippen molar-refractivity contribution in [2.24, 2.45) is 0 Å².